The van der Waals surface area contributed by atoms with Crippen molar-refractivity contribution in [2.75, 3.05) is 16.5 Å². The Hall–Kier alpha value is -7.89. The third-order valence-corrected chi connectivity index (χ3v) is 16.9. The molecule has 5 heteroatoms. The van der Waals surface area contributed by atoms with E-state index in [1.807, 2.05) is 67.1 Å². The van der Waals surface area contributed by atoms with Crippen LogP contribution in [-0.2, 0) is 28.0 Å². The first kappa shape index (κ1) is 47.0. The molecule has 0 atom stereocenters. The van der Waals surface area contributed by atoms with E-state index in [-0.39, 0.29) is 33.1 Å². The molecular weight excluding hydrogens is 973 g/mol. The van der Waals surface area contributed by atoms with Crippen LogP contribution in [0.1, 0.15) is 136 Å². The van der Waals surface area contributed by atoms with E-state index < -0.39 is 13.2 Å². The molecule has 0 bridgehead atoms. The van der Waals surface area contributed by atoms with Crippen LogP contribution in [0.4, 0.5) is 22.7 Å². The van der Waals surface area contributed by atoms with Crippen molar-refractivity contribution in [1.29, 1.82) is 0 Å². The minimum Gasteiger partial charge on any atom is -0.457 e. The van der Waals surface area contributed by atoms with E-state index in [0.717, 1.165) is 79.7 Å². The first-order chi connectivity index (χ1) is 40.1. The Labute approximate surface area is 483 Å². The van der Waals surface area contributed by atoms with Gasteiger partial charge in [0.25, 0.3) is 0 Å². The second kappa shape index (κ2) is 19.7. The van der Waals surface area contributed by atoms with Crippen LogP contribution in [0.5, 0.6) is 11.5 Å². The van der Waals surface area contributed by atoms with Gasteiger partial charge in [-0.05, 0) is 152 Å². The van der Waals surface area contributed by atoms with Gasteiger partial charge in [0.15, 0.2) is 0 Å². The minimum absolute atomic E-state index is 0.0251. The van der Waals surface area contributed by atoms with Gasteiger partial charge in [0.2, 0.25) is 0 Å². The number of para-hydroxylation sites is 3. The summed E-state index contributed by atoms with van der Waals surface area (Å²) >= 11 is 0. The molecule has 10 aromatic rings. The van der Waals surface area contributed by atoms with Gasteiger partial charge in [0.05, 0.1) is 28.1 Å². The van der Waals surface area contributed by atoms with Gasteiger partial charge < -0.3 is 14.5 Å². The highest BCUT2D eigenvalue weighted by atomic mass is 16.5. The van der Waals surface area contributed by atoms with Gasteiger partial charge >= 0.3 is 0 Å². The molecule has 404 valence electrons. The predicted octanol–water partition coefficient (Wildman–Crippen LogP) is 20.7. The third-order valence-electron chi connectivity index (χ3n) is 16.9. The molecule has 0 N–H and O–H groups in total. The fourth-order valence-electron chi connectivity index (χ4n) is 12.3. The summed E-state index contributed by atoms with van der Waals surface area (Å²) in [6.45, 7) is 25.0. The first-order valence-electron chi connectivity index (χ1n) is 31.1. The third kappa shape index (κ3) is 9.67. The molecule has 0 spiro atoms. The lowest BCUT2D eigenvalue weighted by atomic mass is 9.63. The van der Waals surface area contributed by atoms with Gasteiger partial charge in [-0.15, -0.1) is 0 Å². The van der Waals surface area contributed by atoms with Gasteiger partial charge in [-0.2, -0.15) is 0 Å². The summed E-state index contributed by atoms with van der Waals surface area (Å²) < 4.78 is 53.7. The summed E-state index contributed by atoms with van der Waals surface area (Å²) in [7, 11) is 0. The molecule has 2 aromatic heterocycles. The molecule has 0 amide bonds. The molecule has 12 rings (SSSR count). The van der Waals surface area contributed by atoms with Crippen LogP contribution in [0.3, 0.4) is 0 Å². The molecule has 0 unspecified atom stereocenters. The monoisotopic (exact) mass is 1060 g/mol. The topological polar surface area (TPSA) is 33.5 Å². The SMILES string of the molecule is [2H]C([2H])([2H])c1ccc2c3ccc(Oc4cccc(N5CN(c6c(-c7ccccc7)cccc6-c6cc(C(C)(C)C)cc(C(C)(C)C)c6)c6ccccc65)c4)cc3n(-c3cc(C([2H])([2H])C(C)C)c(-c4ccc5c(c4)C(C)(C)CCC5(C)C)cn3)c2c1. The molecule has 80 heavy (non-hydrogen) atoms. The van der Waals surface area contributed by atoms with Gasteiger partial charge in [0.1, 0.15) is 24.0 Å². The van der Waals surface area contributed by atoms with Gasteiger partial charge in [-0.25, -0.2) is 4.98 Å². The number of pyridine rings is 1. The second-order valence-corrected chi connectivity index (χ2v) is 26.1. The second-order valence-electron chi connectivity index (χ2n) is 26.1. The van der Waals surface area contributed by atoms with Gasteiger partial charge in [-0.1, -0.05) is 198 Å². The molecule has 2 aliphatic rings. The number of hydrogen-bond donors (Lipinski definition) is 0. The highest BCUT2D eigenvalue weighted by Crippen LogP contribution is 2.52. The van der Waals surface area contributed by atoms with E-state index in [1.165, 1.54) is 27.8 Å². The molecule has 0 saturated carbocycles. The average molecular weight is 1060 g/mol. The Kier molecular flexibility index (Phi) is 11.6. The molecule has 0 radical (unpaired) electrons. The maximum Gasteiger partial charge on any atom is 0.137 e. The van der Waals surface area contributed by atoms with E-state index in [2.05, 4.69) is 200 Å². The lowest BCUT2D eigenvalue weighted by Gasteiger charge is -2.42. The van der Waals surface area contributed by atoms with E-state index >= 15 is 0 Å². The summed E-state index contributed by atoms with van der Waals surface area (Å²) in [5.41, 5.74) is 17.8. The average Bonchev–Trinajstić information content (AvgIpc) is 1.96. The summed E-state index contributed by atoms with van der Waals surface area (Å²) in [5, 5.41) is 1.73. The minimum atomic E-state index is -2.37. The van der Waals surface area contributed by atoms with Crippen LogP contribution in [-0.4, -0.2) is 16.2 Å². The summed E-state index contributed by atoms with van der Waals surface area (Å²) in [6.07, 6.45) is 2.21. The zero-order chi connectivity index (χ0) is 60.3. The fraction of sp³-hybridized carbons (Fsp3) is 0.293. The number of nitrogens with zero attached hydrogens (tertiary/aromatic N) is 4. The van der Waals surface area contributed by atoms with Crippen molar-refractivity contribution in [1.82, 2.24) is 9.55 Å². The fourth-order valence-corrected chi connectivity index (χ4v) is 12.3. The summed E-state index contributed by atoms with van der Waals surface area (Å²) in [6, 6.07) is 61.3. The quantitative estimate of drug-likeness (QED) is 0.137. The van der Waals surface area contributed by atoms with Crippen LogP contribution in [0.15, 0.2) is 182 Å². The number of rotatable bonds is 10. The van der Waals surface area contributed by atoms with E-state index in [9.17, 15) is 2.74 Å². The number of anilines is 4. The van der Waals surface area contributed by atoms with Crippen LogP contribution in [0, 0.1) is 12.8 Å². The zero-order valence-corrected chi connectivity index (χ0v) is 48.7. The van der Waals surface area contributed by atoms with Crippen molar-refractivity contribution in [2.24, 2.45) is 5.92 Å². The molecule has 1 aliphatic carbocycles. The molecule has 1 aliphatic heterocycles. The van der Waals surface area contributed by atoms with Crippen molar-refractivity contribution in [3.8, 4) is 50.7 Å². The zero-order valence-electron chi connectivity index (χ0n) is 53.7. The van der Waals surface area contributed by atoms with Crippen molar-refractivity contribution in [2.45, 2.75) is 131 Å². The largest absolute Gasteiger partial charge is 0.457 e. The van der Waals surface area contributed by atoms with Crippen molar-refractivity contribution in [3.63, 3.8) is 0 Å². The number of benzene rings is 8. The summed E-state index contributed by atoms with van der Waals surface area (Å²) in [4.78, 5) is 10.0. The molecule has 3 heterocycles. The highest BCUT2D eigenvalue weighted by molar-refractivity contribution is 6.10. The molecule has 5 nitrogen and oxygen atoms in total. The normalized spacial score (nSPS) is 16.2. The van der Waals surface area contributed by atoms with Crippen LogP contribution >= 0.6 is 0 Å². The molecule has 0 saturated heterocycles. The van der Waals surface area contributed by atoms with Crippen molar-refractivity contribution in [3.05, 3.63) is 216 Å². The van der Waals surface area contributed by atoms with Crippen molar-refractivity contribution < 1.29 is 11.6 Å². The van der Waals surface area contributed by atoms with Crippen molar-refractivity contribution >= 4 is 44.6 Å². The lowest BCUT2D eigenvalue weighted by molar-refractivity contribution is 0.332. The van der Waals surface area contributed by atoms with Gasteiger partial charge in [-0.3, -0.25) is 4.57 Å². The maximum absolute atomic E-state index is 9.71. The number of aryl methyl sites for hydroxylation is 1. The Morgan fingerprint density at radius 3 is 1.88 bits per heavy atom. The van der Waals surface area contributed by atoms with Gasteiger partial charge in [0, 0.05) is 58.3 Å². The first-order valence-corrected chi connectivity index (χ1v) is 28.6. The Balaban J connectivity index is 0.955. The smallest absolute Gasteiger partial charge is 0.137 e. The Bertz CT molecular complexity index is 4200. The van der Waals surface area contributed by atoms with E-state index in [4.69, 9.17) is 13.8 Å². The lowest BCUT2D eigenvalue weighted by Crippen LogP contribution is -2.33. The number of fused-ring (bicyclic) bond motifs is 5. The number of ether oxygens (including phenoxy) is 1. The van der Waals surface area contributed by atoms with Crippen LogP contribution in [0.2, 0.25) is 0 Å². The number of hydrogen-bond acceptors (Lipinski definition) is 4. The van der Waals surface area contributed by atoms with Crippen LogP contribution < -0.4 is 14.5 Å². The molecule has 0 fully saturated rings. The van der Waals surface area contributed by atoms with E-state index in [1.54, 1.807) is 12.1 Å². The Morgan fingerprint density at radius 2 is 1.19 bits per heavy atom. The predicted molar refractivity (Wildman–Crippen MR) is 339 cm³/mol. The standard InChI is InChI=1S/C75H78N4O/c1-48(2)37-52-42-70(76-46-63(52)51-30-34-64-65(41-51)75(12,13)36-35-74(64,10)11)79-68-38-49(3)29-32-61(68)62-33-31-58(45-69(62)79)80-57-24-19-23-56(44-57)77-47-78(67-28-18-17-27-66(67)77)71-59(50-21-15-14-16-22-50)25-20-26-60(71)53-39-54(72(4,5)6)43-55(40-53)73(7,8)9/h14-34,38-46,48H,35-37,47H2,1-13H3/i3D3,37D2. The van der Waals surface area contributed by atoms with E-state index in [0.29, 0.717) is 35.1 Å². The highest BCUT2D eigenvalue weighted by Gasteiger charge is 2.38. The van der Waals surface area contributed by atoms with Crippen LogP contribution in [0.25, 0.3) is 61.0 Å². The number of aromatic nitrogens is 2. The summed E-state index contributed by atoms with van der Waals surface area (Å²) in [5.74, 6) is 1.33. The maximum atomic E-state index is 9.71. The molecule has 8 aromatic carbocycles. The Morgan fingerprint density at radius 1 is 0.562 bits per heavy atom. The molecular formula is C75H78N4O.